The normalized spacial score (nSPS) is 22.5. The van der Waals surface area contributed by atoms with Crippen LogP contribution in [0.15, 0.2) is 16.7 Å². The Morgan fingerprint density at radius 1 is 1.45 bits per heavy atom. The standard InChI is InChI=1S/C14H20BrN3O2/c1-2-3-10-4-6-12(7-5-10)17-14-13(18(19)20)8-11(15)9-16-14/h8-10,12H,2-7H2,1H3,(H,16,17). The first-order valence-electron chi connectivity index (χ1n) is 7.16. The van der Waals surface area contributed by atoms with Crippen molar-refractivity contribution in [3.8, 4) is 0 Å². The largest absolute Gasteiger partial charge is 0.362 e. The van der Waals surface area contributed by atoms with Crippen molar-refractivity contribution in [3.05, 3.63) is 26.9 Å². The van der Waals surface area contributed by atoms with Crippen molar-refractivity contribution in [2.75, 3.05) is 5.32 Å². The third-order valence-corrected chi connectivity index (χ3v) is 4.35. The van der Waals surface area contributed by atoms with Gasteiger partial charge in [-0.1, -0.05) is 19.8 Å². The fourth-order valence-corrected chi connectivity index (χ4v) is 3.20. The lowest BCUT2D eigenvalue weighted by molar-refractivity contribution is -0.384. The highest BCUT2D eigenvalue weighted by atomic mass is 79.9. The Bertz CT molecular complexity index is 473. The Balaban J connectivity index is 1.99. The molecular formula is C14H20BrN3O2. The molecule has 0 unspecified atom stereocenters. The van der Waals surface area contributed by atoms with E-state index in [1.54, 1.807) is 6.20 Å². The van der Waals surface area contributed by atoms with Gasteiger partial charge in [-0.05, 0) is 47.5 Å². The molecule has 110 valence electrons. The Morgan fingerprint density at radius 2 is 2.15 bits per heavy atom. The fraction of sp³-hybridized carbons (Fsp3) is 0.643. The molecule has 5 nitrogen and oxygen atoms in total. The van der Waals surface area contributed by atoms with Gasteiger partial charge in [-0.25, -0.2) is 4.98 Å². The summed E-state index contributed by atoms with van der Waals surface area (Å²) in [7, 11) is 0. The van der Waals surface area contributed by atoms with Gasteiger partial charge in [-0.2, -0.15) is 0 Å². The van der Waals surface area contributed by atoms with Gasteiger partial charge in [0.25, 0.3) is 0 Å². The summed E-state index contributed by atoms with van der Waals surface area (Å²) in [6.07, 6.45) is 8.68. The Morgan fingerprint density at radius 3 is 2.75 bits per heavy atom. The monoisotopic (exact) mass is 341 g/mol. The van der Waals surface area contributed by atoms with E-state index < -0.39 is 0 Å². The highest BCUT2D eigenvalue weighted by Gasteiger charge is 2.24. The van der Waals surface area contributed by atoms with Gasteiger partial charge < -0.3 is 5.32 Å². The summed E-state index contributed by atoms with van der Waals surface area (Å²) in [5.74, 6) is 1.21. The molecule has 1 aliphatic carbocycles. The number of halogens is 1. The molecule has 0 spiro atoms. The number of anilines is 1. The molecule has 1 aliphatic rings. The van der Waals surface area contributed by atoms with E-state index in [1.807, 2.05) is 0 Å². The summed E-state index contributed by atoms with van der Waals surface area (Å²) in [6, 6.07) is 1.80. The van der Waals surface area contributed by atoms with E-state index in [9.17, 15) is 10.1 Å². The van der Waals surface area contributed by atoms with E-state index >= 15 is 0 Å². The molecule has 1 aromatic heterocycles. The number of nitrogens with one attached hydrogen (secondary N) is 1. The van der Waals surface area contributed by atoms with Crippen LogP contribution in [-0.4, -0.2) is 15.9 Å². The van der Waals surface area contributed by atoms with Crippen LogP contribution >= 0.6 is 15.9 Å². The average Bonchev–Trinajstić information content (AvgIpc) is 2.43. The van der Waals surface area contributed by atoms with E-state index in [0.29, 0.717) is 16.3 Å². The number of nitro groups is 1. The van der Waals surface area contributed by atoms with Gasteiger partial charge in [0.1, 0.15) is 0 Å². The molecule has 1 aromatic rings. The smallest absolute Gasteiger partial charge is 0.312 e. The lowest BCUT2D eigenvalue weighted by Gasteiger charge is -2.29. The summed E-state index contributed by atoms with van der Waals surface area (Å²) in [5.41, 5.74) is 0.0371. The second kappa shape index (κ2) is 7.02. The molecule has 1 N–H and O–H groups in total. The molecule has 0 amide bonds. The molecule has 0 bridgehead atoms. The van der Waals surface area contributed by atoms with Crippen LogP contribution in [-0.2, 0) is 0 Å². The van der Waals surface area contributed by atoms with Gasteiger partial charge in [-0.3, -0.25) is 10.1 Å². The number of nitrogens with zero attached hydrogens (tertiary/aromatic N) is 2. The van der Waals surface area contributed by atoms with Crippen LogP contribution in [0.25, 0.3) is 0 Å². The van der Waals surface area contributed by atoms with E-state index in [1.165, 1.54) is 31.7 Å². The molecule has 6 heteroatoms. The van der Waals surface area contributed by atoms with Gasteiger partial charge in [0.2, 0.25) is 5.82 Å². The zero-order valence-electron chi connectivity index (χ0n) is 11.6. The molecule has 1 heterocycles. The van der Waals surface area contributed by atoms with Crippen molar-refractivity contribution >= 4 is 27.4 Å². The maximum absolute atomic E-state index is 11.1. The Kier molecular flexibility index (Phi) is 5.34. The van der Waals surface area contributed by atoms with Crippen LogP contribution in [0.5, 0.6) is 0 Å². The number of aromatic nitrogens is 1. The highest BCUT2D eigenvalue weighted by Crippen LogP contribution is 2.32. The van der Waals surface area contributed by atoms with Crippen LogP contribution in [0.1, 0.15) is 45.4 Å². The van der Waals surface area contributed by atoms with E-state index in [2.05, 4.69) is 33.2 Å². The predicted octanol–water partition coefficient (Wildman–Crippen LogP) is 4.52. The molecule has 1 saturated carbocycles. The second-order valence-electron chi connectivity index (χ2n) is 5.43. The molecular weight excluding hydrogens is 322 g/mol. The van der Waals surface area contributed by atoms with E-state index in [4.69, 9.17) is 0 Å². The molecule has 0 aliphatic heterocycles. The Hall–Kier alpha value is -1.17. The van der Waals surface area contributed by atoms with Gasteiger partial charge in [-0.15, -0.1) is 0 Å². The summed E-state index contributed by atoms with van der Waals surface area (Å²) >= 11 is 3.22. The van der Waals surface area contributed by atoms with Crippen LogP contribution < -0.4 is 5.32 Å². The number of rotatable bonds is 5. The van der Waals surface area contributed by atoms with Gasteiger partial charge in [0, 0.05) is 22.8 Å². The van der Waals surface area contributed by atoms with Crippen LogP contribution in [0.2, 0.25) is 0 Å². The van der Waals surface area contributed by atoms with Gasteiger partial charge in [0.05, 0.1) is 4.92 Å². The molecule has 0 atom stereocenters. The third kappa shape index (κ3) is 3.91. The molecule has 0 radical (unpaired) electrons. The van der Waals surface area contributed by atoms with Crippen molar-refractivity contribution in [3.63, 3.8) is 0 Å². The number of hydrogen-bond acceptors (Lipinski definition) is 4. The maximum Gasteiger partial charge on any atom is 0.312 e. The minimum Gasteiger partial charge on any atom is -0.362 e. The van der Waals surface area contributed by atoms with Crippen molar-refractivity contribution in [1.29, 1.82) is 0 Å². The van der Waals surface area contributed by atoms with Crippen molar-refractivity contribution in [2.45, 2.75) is 51.5 Å². The van der Waals surface area contributed by atoms with Crippen LogP contribution in [0, 0.1) is 16.0 Å². The second-order valence-corrected chi connectivity index (χ2v) is 6.34. The first-order valence-corrected chi connectivity index (χ1v) is 7.96. The quantitative estimate of drug-likeness (QED) is 0.631. The van der Waals surface area contributed by atoms with Crippen molar-refractivity contribution in [1.82, 2.24) is 4.98 Å². The highest BCUT2D eigenvalue weighted by molar-refractivity contribution is 9.10. The van der Waals surface area contributed by atoms with Gasteiger partial charge >= 0.3 is 5.69 Å². The van der Waals surface area contributed by atoms with Crippen molar-refractivity contribution < 1.29 is 4.92 Å². The van der Waals surface area contributed by atoms with Crippen molar-refractivity contribution in [2.24, 2.45) is 5.92 Å². The zero-order chi connectivity index (χ0) is 14.5. The minimum absolute atomic E-state index is 0.0371. The number of pyridine rings is 1. The fourth-order valence-electron chi connectivity index (χ4n) is 2.88. The predicted molar refractivity (Wildman–Crippen MR) is 82.9 cm³/mol. The third-order valence-electron chi connectivity index (χ3n) is 3.92. The molecule has 2 rings (SSSR count). The first-order chi connectivity index (χ1) is 9.60. The number of hydrogen-bond donors (Lipinski definition) is 1. The zero-order valence-corrected chi connectivity index (χ0v) is 13.2. The van der Waals surface area contributed by atoms with Crippen LogP contribution in [0.3, 0.4) is 0 Å². The van der Waals surface area contributed by atoms with Crippen LogP contribution in [0.4, 0.5) is 11.5 Å². The summed E-state index contributed by atoms with van der Waals surface area (Å²) < 4.78 is 0.626. The molecule has 1 fully saturated rings. The molecule has 0 aromatic carbocycles. The minimum atomic E-state index is -0.386. The summed E-state index contributed by atoms with van der Waals surface area (Å²) in [6.45, 7) is 2.22. The summed E-state index contributed by atoms with van der Waals surface area (Å²) in [4.78, 5) is 14.8. The first kappa shape index (κ1) is 15.2. The average molecular weight is 342 g/mol. The van der Waals surface area contributed by atoms with Gasteiger partial charge in [0.15, 0.2) is 0 Å². The van der Waals surface area contributed by atoms with E-state index in [-0.39, 0.29) is 10.6 Å². The topological polar surface area (TPSA) is 68.1 Å². The lowest BCUT2D eigenvalue weighted by Crippen LogP contribution is -2.26. The Labute approximate surface area is 127 Å². The maximum atomic E-state index is 11.1. The SMILES string of the molecule is CCCC1CCC(Nc2ncc(Br)cc2[N+](=O)[O-])CC1. The lowest BCUT2D eigenvalue weighted by atomic mass is 9.83. The van der Waals surface area contributed by atoms with E-state index in [0.717, 1.165) is 18.8 Å². The molecule has 20 heavy (non-hydrogen) atoms. The summed E-state index contributed by atoms with van der Waals surface area (Å²) in [5, 5.41) is 14.3. The molecule has 0 saturated heterocycles.